The molecule has 1 atom stereocenters. The second-order valence-electron chi connectivity index (χ2n) is 6.18. The fourth-order valence-corrected chi connectivity index (χ4v) is 2.53. The van der Waals surface area contributed by atoms with Crippen molar-refractivity contribution in [2.45, 2.75) is 25.3 Å². The standard InChI is InChI=1S/C15H15F4NO2.C4H5N3/c1-10(16)14(21)20-7-6-13(8-20)22-9-11-2-4-12(5-3-11)15(17,18)19;5-4-6-2-1-3-7-4/h2-5,13H,1,6-9H2;1-3H,(H2,5,6,7). The minimum absolute atomic E-state index is 0.140. The van der Waals surface area contributed by atoms with Crippen molar-refractivity contribution in [1.29, 1.82) is 0 Å². The number of likely N-dealkylation sites (tertiary alicyclic amines) is 1. The highest BCUT2D eigenvalue weighted by atomic mass is 19.4. The molecule has 1 unspecified atom stereocenters. The third-order valence-corrected chi connectivity index (χ3v) is 4.02. The number of hydrogen-bond acceptors (Lipinski definition) is 5. The number of halogens is 4. The number of amides is 1. The van der Waals surface area contributed by atoms with Gasteiger partial charge in [-0.2, -0.15) is 13.2 Å². The van der Waals surface area contributed by atoms with E-state index in [2.05, 4.69) is 16.5 Å². The van der Waals surface area contributed by atoms with E-state index < -0.39 is 23.5 Å². The van der Waals surface area contributed by atoms with Crippen molar-refractivity contribution < 1.29 is 27.1 Å². The van der Waals surface area contributed by atoms with E-state index >= 15 is 0 Å². The lowest BCUT2D eigenvalue weighted by Gasteiger charge is -2.15. The number of alkyl halides is 3. The molecule has 0 saturated carbocycles. The van der Waals surface area contributed by atoms with E-state index in [1.54, 1.807) is 18.5 Å². The van der Waals surface area contributed by atoms with Gasteiger partial charge in [-0.3, -0.25) is 4.79 Å². The van der Waals surface area contributed by atoms with E-state index in [0.29, 0.717) is 24.5 Å². The first kappa shape index (κ1) is 22.3. The predicted octanol–water partition coefficient (Wildman–Crippen LogP) is 3.36. The molecule has 1 saturated heterocycles. The maximum Gasteiger partial charge on any atom is 0.416 e. The molecule has 0 aliphatic carbocycles. The molecule has 1 aliphatic heterocycles. The fraction of sp³-hybridized carbons (Fsp3) is 0.316. The summed E-state index contributed by atoms with van der Waals surface area (Å²) in [4.78, 5) is 20.0. The Morgan fingerprint density at radius 3 is 2.34 bits per heavy atom. The monoisotopic (exact) mass is 412 g/mol. The van der Waals surface area contributed by atoms with Crippen LogP contribution in [0, 0.1) is 0 Å². The van der Waals surface area contributed by atoms with Crippen molar-refractivity contribution in [3.63, 3.8) is 0 Å². The first-order valence-corrected chi connectivity index (χ1v) is 8.60. The van der Waals surface area contributed by atoms with Crippen molar-refractivity contribution >= 4 is 11.9 Å². The highest BCUT2D eigenvalue weighted by molar-refractivity contribution is 5.90. The molecular formula is C19H20F4N4O2. The van der Waals surface area contributed by atoms with Crippen molar-refractivity contribution in [1.82, 2.24) is 14.9 Å². The number of aromatic nitrogens is 2. The van der Waals surface area contributed by atoms with Crippen LogP contribution in [-0.4, -0.2) is 40.0 Å². The van der Waals surface area contributed by atoms with Crippen LogP contribution in [-0.2, 0) is 22.3 Å². The lowest BCUT2D eigenvalue weighted by Crippen LogP contribution is -2.30. The molecule has 2 N–H and O–H groups in total. The van der Waals surface area contributed by atoms with Gasteiger partial charge in [0.05, 0.1) is 18.3 Å². The van der Waals surface area contributed by atoms with Crippen LogP contribution in [0.25, 0.3) is 0 Å². The second kappa shape index (κ2) is 9.97. The van der Waals surface area contributed by atoms with Crippen LogP contribution in [0.2, 0.25) is 0 Å². The number of carbonyl (C=O) groups is 1. The van der Waals surface area contributed by atoms with Gasteiger partial charge in [-0.25, -0.2) is 14.4 Å². The van der Waals surface area contributed by atoms with Crippen molar-refractivity contribution in [3.8, 4) is 0 Å². The summed E-state index contributed by atoms with van der Waals surface area (Å²) >= 11 is 0. The van der Waals surface area contributed by atoms with Gasteiger partial charge in [0.2, 0.25) is 5.95 Å². The van der Waals surface area contributed by atoms with Gasteiger partial charge in [-0.15, -0.1) is 0 Å². The van der Waals surface area contributed by atoms with Crippen LogP contribution in [0.5, 0.6) is 0 Å². The zero-order valence-corrected chi connectivity index (χ0v) is 15.4. The van der Waals surface area contributed by atoms with Gasteiger partial charge >= 0.3 is 6.18 Å². The third kappa shape index (κ3) is 7.15. The maximum atomic E-state index is 12.7. The molecule has 2 heterocycles. The summed E-state index contributed by atoms with van der Waals surface area (Å²) in [5.41, 5.74) is 5.03. The van der Waals surface area contributed by atoms with Gasteiger partial charge in [-0.1, -0.05) is 18.7 Å². The Kier molecular flexibility index (Phi) is 7.66. The van der Waals surface area contributed by atoms with Gasteiger partial charge in [0.1, 0.15) is 0 Å². The number of nitrogens with zero attached hydrogens (tertiary/aromatic N) is 3. The highest BCUT2D eigenvalue weighted by Crippen LogP contribution is 2.29. The van der Waals surface area contributed by atoms with Crippen LogP contribution < -0.4 is 5.73 Å². The molecule has 156 valence electrons. The number of nitrogen functional groups attached to an aromatic ring is 1. The number of hydrogen-bond donors (Lipinski definition) is 1. The van der Waals surface area contributed by atoms with E-state index in [-0.39, 0.29) is 19.3 Å². The molecule has 1 amide bonds. The Balaban J connectivity index is 0.000000360. The molecule has 1 aromatic carbocycles. The van der Waals surface area contributed by atoms with E-state index in [0.717, 1.165) is 12.1 Å². The largest absolute Gasteiger partial charge is 0.416 e. The highest BCUT2D eigenvalue weighted by Gasteiger charge is 2.30. The molecule has 6 nitrogen and oxygen atoms in total. The number of carbonyl (C=O) groups excluding carboxylic acids is 1. The Hall–Kier alpha value is -3.01. The molecular weight excluding hydrogens is 392 g/mol. The summed E-state index contributed by atoms with van der Waals surface area (Å²) in [6.07, 6.45) is -0.865. The lowest BCUT2D eigenvalue weighted by molar-refractivity contribution is -0.137. The first-order valence-electron chi connectivity index (χ1n) is 8.60. The average molecular weight is 412 g/mol. The predicted molar refractivity (Wildman–Crippen MR) is 97.9 cm³/mol. The molecule has 0 radical (unpaired) electrons. The quantitative estimate of drug-likeness (QED) is 0.615. The molecule has 10 heteroatoms. The van der Waals surface area contributed by atoms with Crippen LogP contribution >= 0.6 is 0 Å². The fourth-order valence-electron chi connectivity index (χ4n) is 2.53. The number of nitrogens with two attached hydrogens (primary N) is 1. The first-order chi connectivity index (χ1) is 13.7. The summed E-state index contributed by atoms with van der Waals surface area (Å²) in [5.74, 6) is -1.44. The molecule has 29 heavy (non-hydrogen) atoms. The van der Waals surface area contributed by atoms with Gasteiger partial charge in [0.25, 0.3) is 5.91 Å². The van der Waals surface area contributed by atoms with Crippen LogP contribution in [0.1, 0.15) is 17.5 Å². The normalized spacial score (nSPS) is 16.1. The van der Waals surface area contributed by atoms with E-state index in [4.69, 9.17) is 10.5 Å². The maximum absolute atomic E-state index is 12.7. The topological polar surface area (TPSA) is 81.3 Å². The zero-order chi connectivity index (χ0) is 21.4. The minimum atomic E-state index is -4.36. The number of ether oxygens (including phenoxy) is 1. The summed E-state index contributed by atoms with van der Waals surface area (Å²) in [6, 6.07) is 6.41. The van der Waals surface area contributed by atoms with E-state index in [1.165, 1.54) is 17.0 Å². The summed E-state index contributed by atoms with van der Waals surface area (Å²) in [7, 11) is 0. The minimum Gasteiger partial charge on any atom is -0.372 e. The summed E-state index contributed by atoms with van der Waals surface area (Å²) < 4.78 is 55.6. The molecule has 1 fully saturated rings. The molecule has 0 spiro atoms. The molecule has 3 rings (SSSR count). The van der Waals surface area contributed by atoms with Crippen LogP contribution in [0.15, 0.2) is 55.1 Å². The number of rotatable bonds is 4. The smallest absolute Gasteiger partial charge is 0.372 e. The van der Waals surface area contributed by atoms with Crippen molar-refractivity contribution in [3.05, 3.63) is 66.3 Å². The van der Waals surface area contributed by atoms with Gasteiger partial charge < -0.3 is 15.4 Å². The Morgan fingerprint density at radius 2 is 1.86 bits per heavy atom. The number of benzene rings is 1. The Morgan fingerprint density at radius 1 is 1.24 bits per heavy atom. The number of anilines is 1. The van der Waals surface area contributed by atoms with Gasteiger partial charge in [0.15, 0.2) is 5.83 Å². The molecule has 0 bridgehead atoms. The van der Waals surface area contributed by atoms with E-state index in [1.807, 2.05) is 0 Å². The van der Waals surface area contributed by atoms with Crippen LogP contribution in [0.4, 0.5) is 23.5 Å². The Bertz CT molecular complexity index is 813. The average Bonchev–Trinajstić information content (AvgIpc) is 3.15. The Labute approximate surface area is 165 Å². The molecule has 1 aromatic heterocycles. The lowest BCUT2D eigenvalue weighted by atomic mass is 10.1. The van der Waals surface area contributed by atoms with E-state index in [9.17, 15) is 22.4 Å². The van der Waals surface area contributed by atoms with Crippen molar-refractivity contribution in [2.24, 2.45) is 0 Å². The zero-order valence-electron chi connectivity index (χ0n) is 15.4. The van der Waals surface area contributed by atoms with Crippen molar-refractivity contribution in [2.75, 3.05) is 18.8 Å². The van der Waals surface area contributed by atoms with Gasteiger partial charge in [-0.05, 0) is 30.2 Å². The molecule has 2 aromatic rings. The summed E-state index contributed by atoms with van der Waals surface area (Å²) in [6.45, 7) is 3.72. The van der Waals surface area contributed by atoms with Gasteiger partial charge in [0, 0.05) is 25.5 Å². The third-order valence-electron chi connectivity index (χ3n) is 4.02. The second-order valence-corrected chi connectivity index (χ2v) is 6.18. The SMILES string of the molecule is C=C(F)C(=O)N1CCC(OCc2ccc(C(F)(F)F)cc2)C1.Nc1ncccn1. The van der Waals surface area contributed by atoms with Crippen LogP contribution in [0.3, 0.4) is 0 Å². The summed E-state index contributed by atoms with van der Waals surface area (Å²) in [5, 5.41) is 0. The molecule has 1 aliphatic rings.